The van der Waals surface area contributed by atoms with Crippen LogP contribution in [0, 0.1) is 5.82 Å². The van der Waals surface area contributed by atoms with E-state index < -0.39 is 11.8 Å². The quantitative estimate of drug-likeness (QED) is 0.648. The zero-order valence-corrected chi connectivity index (χ0v) is 12.7. The SMILES string of the molecule is O=C(O)c1sc2cccc(Cl)c2c1-c1ccc(Cl)c(F)c1. The zero-order chi connectivity index (χ0) is 15.1. The number of benzene rings is 2. The number of carboxylic acids is 1. The van der Waals surface area contributed by atoms with E-state index in [-0.39, 0.29) is 9.90 Å². The number of hydrogen-bond donors (Lipinski definition) is 1. The van der Waals surface area contributed by atoms with Crippen molar-refractivity contribution in [3.8, 4) is 11.1 Å². The van der Waals surface area contributed by atoms with Gasteiger partial charge in [-0.1, -0.05) is 35.3 Å². The number of fused-ring (bicyclic) bond motifs is 1. The van der Waals surface area contributed by atoms with Crippen LogP contribution in [-0.2, 0) is 0 Å². The van der Waals surface area contributed by atoms with Crippen LogP contribution in [-0.4, -0.2) is 11.1 Å². The van der Waals surface area contributed by atoms with Crippen molar-refractivity contribution in [2.45, 2.75) is 0 Å². The predicted molar refractivity (Wildman–Crippen MR) is 84.2 cm³/mol. The molecule has 1 N–H and O–H groups in total. The summed E-state index contributed by atoms with van der Waals surface area (Å²) in [6, 6.07) is 9.42. The Labute approximate surface area is 133 Å². The molecule has 0 fully saturated rings. The summed E-state index contributed by atoms with van der Waals surface area (Å²) < 4.78 is 14.4. The molecule has 2 aromatic carbocycles. The minimum Gasteiger partial charge on any atom is -0.477 e. The highest BCUT2D eigenvalue weighted by Crippen LogP contribution is 2.42. The second kappa shape index (κ2) is 5.30. The average molecular weight is 341 g/mol. The molecule has 0 amide bonds. The molecule has 2 nitrogen and oxygen atoms in total. The van der Waals surface area contributed by atoms with E-state index in [1.54, 1.807) is 24.3 Å². The second-order valence-electron chi connectivity index (χ2n) is 4.35. The average Bonchev–Trinajstić information content (AvgIpc) is 2.83. The van der Waals surface area contributed by atoms with Gasteiger partial charge in [-0.2, -0.15) is 0 Å². The van der Waals surface area contributed by atoms with Gasteiger partial charge in [0.15, 0.2) is 0 Å². The summed E-state index contributed by atoms with van der Waals surface area (Å²) in [6.45, 7) is 0. The van der Waals surface area contributed by atoms with Crippen LogP contribution in [0.3, 0.4) is 0 Å². The topological polar surface area (TPSA) is 37.3 Å². The molecule has 0 aliphatic rings. The van der Waals surface area contributed by atoms with Crippen LogP contribution >= 0.6 is 34.5 Å². The number of hydrogen-bond acceptors (Lipinski definition) is 2. The van der Waals surface area contributed by atoms with Gasteiger partial charge in [-0.3, -0.25) is 0 Å². The third kappa shape index (κ3) is 2.39. The van der Waals surface area contributed by atoms with E-state index in [4.69, 9.17) is 23.2 Å². The number of aromatic carboxylic acids is 1. The van der Waals surface area contributed by atoms with Crippen molar-refractivity contribution in [2.75, 3.05) is 0 Å². The first-order valence-corrected chi connectivity index (χ1v) is 7.46. The minimum absolute atomic E-state index is 0.0127. The standard InChI is InChI=1S/C15H7Cl2FO2S/c16-8-5-4-7(6-10(8)18)12-13-9(17)2-1-3-11(13)21-14(12)15(19)20/h1-6H,(H,19,20). The van der Waals surface area contributed by atoms with E-state index in [0.29, 0.717) is 21.5 Å². The Morgan fingerprint density at radius 2 is 1.90 bits per heavy atom. The highest BCUT2D eigenvalue weighted by atomic mass is 35.5. The van der Waals surface area contributed by atoms with Gasteiger partial charge in [-0.25, -0.2) is 9.18 Å². The van der Waals surface area contributed by atoms with Crippen LogP contribution in [0.25, 0.3) is 21.2 Å². The molecule has 106 valence electrons. The Balaban J connectivity index is 2.41. The second-order valence-corrected chi connectivity index (χ2v) is 6.22. The lowest BCUT2D eigenvalue weighted by Gasteiger charge is -2.05. The fourth-order valence-corrected chi connectivity index (χ4v) is 3.72. The van der Waals surface area contributed by atoms with Crippen LogP contribution in [0.5, 0.6) is 0 Å². The number of halogens is 3. The fraction of sp³-hybridized carbons (Fsp3) is 0. The summed E-state index contributed by atoms with van der Waals surface area (Å²) in [6.07, 6.45) is 0. The predicted octanol–water partition coefficient (Wildman–Crippen LogP) is 5.71. The molecule has 0 bridgehead atoms. The van der Waals surface area contributed by atoms with Gasteiger partial charge in [0.25, 0.3) is 0 Å². The molecule has 3 aromatic rings. The first kappa shape index (κ1) is 14.3. The number of rotatable bonds is 2. The molecule has 0 saturated carbocycles. The van der Waals surface area contributed by atoms with Crippen LogP contribution in [0.2, 0.25) is 10.0 Å². The van der Waals surface area contributed by atoms with Gasteiger partial charge in [-0.05, 0) is 29.8 Å². The molecule has 0 spiro atoms. The molecule has 0 aliphatic carbocycles. The molecule has 0 radical (unpaired) electrons. The molecule has 3 rings (SSSR count). The van der Waals surface area contributed by atoms with E-state index in [0.717, 1.165) is 16.0 Å². The summed E-state index contributed by atoms with van der Waals surface area (Å²) in [5.41, 5.74) is 0.859. The van der Waals surface area contributed by atoms with Crippen LogP contribution in [0.1, 0.15) is 9.67 Å². The molecule has 21 heavy (non-hydrogen) atoms. The Morgan fingerprint density at radius 3 is 2.57 bits per heavy atom. The van der Waals surface area contributed by atoms with Crippen molar-refractivity contribution in [3.63, 3.8) is 0 Å². The highest BCUT2D eigenvalue weighted by Gasteiger charge is 2.21. The summed E-state index contributed by atoms with van der Waals surface area (Å²) in [5.74, 6) is -1.67. The minimum atomic E-state index is -1.07. The molecule has 1 heterocycles. The van der Waals surface area contributed by atoms with Gasteiger partial charge in [0.1, 0.15) is 10.7 Å². The number of thiophene rings is 1. The third-order valence-corrected chi connectivity index (χ3v) is 4.83. The van der Waals surface area contributed by atoms with Gasteiger partial charge >= 0.3 is 5.97 Å². The Bertz CT molecular complexity index is 873. The van der Waals surface area contributed by atoms with Crippen molar-refractivity contribution >= 4 is 50.6 Å². The van der Waals surface area contributed by atoms with E-state index in [2.05, 4.69) is 0 Å². The smallest absolute Gasteiger partial charge is 0.346 e. The zero-order valence-electron chi connectivity index (χ0n) is 10.4. The normalized spacial score (nSPS) is 11.0. The maximum Gasteiger partial charge on any atom is 0.346 e. The summed E-state index contributed by atoms with van der Waals surface area (Å²) in [4.78, 5) is 11.6. The fourth-order valence-electron chi connectivity index (χ4n) is 2.18. The van der Waals surface area contributed by atoms with Gasteiger partial charge in [0, 0.05) is 20.7 Å². The van der Waals surface area contributed by atoms with Crippen LogP contribution in [0.4, 0.5) is 4.39 Å². The number of carboxylic acid groups (broad SMARTS) is 1. The van der Waals surface area contributed by atoms with Gasteiger partial charge < -0.3 is 5.11 Å². The summed E-state index contributed by atoms with van der Waals surface area (Å²) in [5, 5.41) is 10.4. The van der Waals surface area contributed by atoms with Crippen molar-refractivity contribution in [1.82, 2.24) is 0 Å². The van der Waals surface area contributed by atoms with Crippen molar-refractivity contribution in [2.24, 2.45) is 0 Å². The maximum atomic E-state index is 13.7. The van der Waals surface area contributed by atoms with Gasteiger partial charge in [0.2, 0.25) is 0 Å². The molecular formula is C15H7Cl2FO2S. The first-order valence-electron chi connectivity index (χ1n) is 5.88. The Kier molecular flexibility index (Phi) is 3.61. The van der Waals surface area contributed by atoms with E-state index >= 15 is 0 Å². The molecule has 0 aliphatic heterocycles. The number of carbonyl (C=O) groups is 1. The molecule has 6 heteroatoms. The van der Waals surface area contributed by atoms with E-state index in [9.17, 15) is 14.3 Å². The summed E-state index contributed by atoms with van der Waals surface area (Å²) in [7, 11) is 0. The van der Waals surface area contributed by atoms with Crippen LogP contribution in [0.15, 0.2) is 36.4 Å². The molecule has 1 aromatic heterocycles. The lowest BCUT2D eigenvalue weighted by atomic mass is 10.0. The van der Waals surface area contributed by atoms with E-state index in [1.165, 1.54) is 12.1 Å². The lowest BCUT2D eigenvalue weighted by molar-refractivity contribution is 0.0703. The monoisotopic (exact) mass is 340 g/mol. The Hall–Kier alpha value is -1.62. The van der Waals surface area contributed by atoms with Crippen molar-refractivity contribution in [1.29, 1.82) is 0 Å². The first-order chi connectivity index (χ1) is 9.99. The molecular weight excluding hydrogens is 334 g/mol. The molecule has 0 unspecified atom stereocenters. The third-order valence-electron chi connectivity index (χ3n) is 3.07. The summed E-state index contributed by atoms with van der Waals surface area (Å²) >= 11 is 13.0. The van der Waals surface area contributed by atoms with Crippen molar-refractivity contribution < 1.29 is 14.3 Å². The maximum absolute atomic E-state index is 13.7. The highest BCUT2D eigenvalue weighted by molar-refractivity contribution is 7.21. The van der Waals surface area contributed by atoms with Gasteiger partial charge in [-0.15, -0.1) is 11.3 Å². The van der Waals surface area contributed by atoms with E-state index in [1.807, 2.05) is 0 Å². The molecule has 0 saturated heterocycles. The largest absolute Gasteiger partial charge is 0.477 e. The van der Waals surface area contributed by atoms with Crippen molar-refractivity contribution in [3.05, 3.63) is 57.1 Å². The molecule has 0 atom stereocenters. The van der Waals surface area contributed by atoms with Crippen LogP contribution < -0.4 is 0 Å². The Morgan fingerprint density at radius 1 is 1.14 bits per heavy atom. The lowest BCUT2D eigenvalue weighted by Crippen LogP contribution is -1.95. The van der Waals surface area contributed by atoms with Gasteiger partial charge in [0.05, 0.1) is 5.02 Å².